The minimum Gasteiger partial charge on any atom is -0.585 e. The number of hydrogen-bond acceptors (Lipinski definition) is 4. The molecule has 0 spiro atoms. The van der Waals surface area contributed by atoms with Crippen LogP contribution < -0.4 is 0 Å². The minimum atomic E-state index is -3.38. The third kappa shape index (κ3) is 8.15. The van der Waals surface area contributed by atoms with Crippen LogP contribution in [0.4, 0.5) is 0 Å². The van der Waals surface area contributed by atoms with E-state index in [1.54, 1.807) is 0 Å². The fourth-order valence-electron chi connectivity index (χ4n) is 1.53. The third-order valence-corrected chi connectivity index (χ3v) is 5.27. The lowest BCUT2D eigenvalue weighted by atomic mass is 10.5. The van der Waals surface area contributed by atoms with Crippen LogP contribution >= 0.6 is 0 Å². The first kappa shape index (κ1) is 17.4. The maximum Gasteiger partial charge on any atom is 0.876 e. The highest BCUT2D eigenvalue weighted by Gasteiger charge is 2.49. The molecule has 4 nitrogen and oxygen atoms in total. The van der Waals surface area contributed by atoms with Gasteiger partial charge in [0.25, 0.3) is 0 Å². The summed E-state index contributed by atoms with van der Waals surface area (Å²) in [6, 6.07) is 0. The summed E-state index contributed by atoms with van der Waals surface area (Å²) < 4.78 is 23.5. The third-order valence-electron chi connectivity index (χ3n) is 1.76. The van der Waals surface area contributed by atoms with Gasteiger partial charge >= 0.3 is 14.4 Å². The Morgan fingerprint density at radius 3 is 0.765 bits per heavy atom. The molecule has 0 aliphatic heterocycles. The quantitative estimate of drug-likeness (QED) is 0.630. The first-order chi connectivity index (χ1) is 7.67. The summed E-state index contributed by atoms with van der Waals surface area (Å²) in [7, 11) is 0. The van der Waals surface area contributed by atoms with E-state index in [1.807, 2.05) is 55.4 Å². The Morgan fingerprint density at radius 2 is 0.647 bits per heavy atom. The van der Waals surface area contributed by atoms with Gasteiger partial charge in [0.05, 0.1) is 0 Å². The normalized spacial score (nSPS) is 13.4. The van der Waals surface area contributed by atoms with E-state index < -0.39 is 14.4 Å². The molecule has 0 aromatic carbocycles. The molecule has 17 heavy (non-hydrogen) atoms. The highest BCUT2D eigenvalue weighted by atomic mass is 27.3. The van der Waals surface area contributed by atoms with Crippen molar-refractivity contribution in [1.29, 1.82) is 0 Å². The molecule has 0 unspecified atom stereocenters. The highest BCUT2D eigenvalue weighted by molar-refractivity contribution is 6.53. The van der Waals surface area contributed by atoms with E-state index >= 15 is 0 Å². The van der Waals surface area contributed by atoms with Crippen LogP contribution in [0.1, 0.15) is 55.4 Å². The first-order valence-corrected chi connectivity index (χ1v) is 8.39. The zero-order chi connectivity index (χ0) is 13.6. The zero-order valence-electron chi connectivity index (χ0n) is 12.5. The molecule has 0 radical (unpaired) electrons. The van der Waals surface area contributed by atoms with Crippen LogP contribution in [0.15, 0.2) is 0 Å². The van der Waals surface area contributed by atoms with E-state index in [0.717, 1.165) is 0 Å². The number of hydrogen-bond donors (Lipinski definition) is 0. The van der Waals surface area contributed by atoms with Gasteiger partial charge in [-0.05, 0) is 79.8 Å². The van der Waals surface area contributed by atoms with Crippen molar-refractivity contribution >= 4 is 14.4 Å². The van der Waals surface area contributed by atoms with Crippen LogP contribution in [0, 0.1) is 0 Å². The van der Waals surface area contributed by atoms with Gasteiger partial charge in [-0.2, -0.15) is 0 Å². The minimum absolute atomic E-state index is 0.0243. The molecule has 0 saturated heterocycles. The smallest absolute Gasteiger partial charge is 0.585 e. The van der Waals surface area contributed by atoms with Crippen molar-refractivity contribution in [2.24, 2.45) is 0 Å². The fraction of sp³-hybridized carbons (Fsp3) is 1.00. The Kier molecular flexibility index (Phi) is 7.90. The lowest BCUT2D eigenvalue weighted by molar-refractivity contribution is -0.0858. The Hall–Kier alpha value is 0.372. The van der Waals surface area contributed by atoms with Crippen LogP contribution in [0.5, 0.6) is 0 Å². The van der Waals surface area contributed by atoms with E-state index in [1.165, 1.54) is 0 Å². The summed E-state index contributed by atoms with van der Waals surface area (Å²) in [4.78, 5) is 0. The van der Waals surface area contributed by atoms with E-state index in [9.17, 15) is 0 Å². The predicted octanol–water partition coefficient (Wildman–Crippen LogP) is 3.12. The average molecular weight is 263 g/mol. The van der Waals surface area contributed by atoms with Crippen LogP contribution in [-0.2, 0) is 15.2 Å². The maximum absolute atomic E-state index is 5.87. The molecule has 0 saturated carbocycles. The molecular formula is C12H28AlO4-. The highest BCUT2D eigenvalue weighted by Crippen LogP contribution is 2.20. The molecule has 0 heterocycles. The summed E-state index contributed by atoms with van der Waals surface area (Å²) >= 11 is -3.38. The van der Waals surface area contributed by atoms with Crippen molar-refractivity contribution in [2.75, 3.05) is 0 Å². The lowest BCUT2D eigenvalue weighted by Gasteiger charge is -2.42. The molecular weight excluding hydrogens is 235 g/mol. The van der Waals surface area contributed by atoms with Gasteiger partial charge in [0.15, 0.2) is 0 Å². The molecule has 5 heteroatoms. The number of rotatable bonds is 8. The standard InChI is InChI=1S/4C3H7O.Al/c4*1-3(2)4;/h4*3H,1-2H3;/q4*-1;+3. The second kappa shape index (κ2) is 7.73. The summed E-state index contributed by atoms with van der Waals surface area (Å²) in [5.41, 5.74) is 0. The molecule has 0 aromatic rings. The predicted molar refractivity (Wildman–Crippen MR) is 70.6 cm³/mol. The van der Waals surface area contributed by atoms with Crippen molar-refractivity contribution < 1.29 is 15.2 Å². The second-order valence-electron chi connectivity index (χ2n) is 5.32. The monoisotopic (exact) mass is 263 g/mol. The Bertz CT molecular complexity index is 159. The molecule has 0 amide bonds. The molecule has 0 aliphatic carbocycles. The molecule has 0 rings (SSSR count). The van der Waals surface area contributed by atoms with Gasteiger partial charge in [0.1, 0.15) is 0 Å². The summed E-state index contributed by atoms with van der Waals surface area (Å²) in [6.45, 7) is 15.7. The van der Waals surface area contributed by atoms with Crippen molar-refractivity contribution in [2.45, 2.75) is 79.8 Å². The molecule has 0 atom stereocenters. The van der Waals surface area contributed by atoms with E-state index in [-0.39, 0.29) is 24.4 Å². The van der Waals surface area contributed by atoms with Crippen molar-refractivity contribution in [3.05, 3.63) is 0 Å². The summed E-state index contributed by atoms with van der Waals surface area (Å²) in [5.74, 6) is 0. The molecule has 0 fully saturated rings. The van der Waals surface area contributed by atoms with Crippen LogP contribution in [0.3, 0.4) is 0 Å². The van der Waals surface area contributed by atoms with Gasteiger partial charge in [-0.15, -0.1) is 0 Å². The van der Waals surface area contributed by atoms with Gasteiger partial charge in [-0.1, -0.05) is 0 Å². The molecule has 0 bridgehead atoms. The van der Waals surface area contributed by atoms with E-state index in [2.05, 4.69) is 0 Å². The van der Waals surface area contributed by atoms with Crippen molar-refractivity contribution in [3.63, 3.8) is 0 Å². The Morgan fingerprint density at radius 1 is 0.471 bits per heavy atom. The lowest BCUT2D eigenvalue weighted by Crippen LogP contribution is -2.54. The Balaban J connectivity index is 4.89. The second-order valence-corrected chi connectivity index (χ2v) is 7.56. The summed E-state index contributed by atoms with van der Waals surface area (Å²) in [5, 5.41) is 0. The van der Waals surface area contributed by atoms with Crippen LogP contribution in [0.25, 0.3) is 0 Å². The SMILES string of the molecule is CC(C)[O][Al-]([O]C(C)C)([O]C(C)C)[O]C(C)C. The van der Waals surface area contributed by atoms with E-state index in [4.69, 9.17) is 15.2 Å². The van der Waals surface area contributed by atoms with Gasteiger partial charge < -0.3 is 15.2 Å². The van der Waals surface area contributed by atoms with Gasteiger partial charge in [0.2, 0.25) is 0 Å². The average Bonchev–Trinajstić information content (AvgIpc) is 1.95. The van der Waals surface area contributed by atoms with Gasteiger partial charge in [0, 0.05) is 0 Å². The summed E-state index contributed by atoms with van der Waals surface area (Å²) in [6.07, 6.45) is 0.0972. The molecule has 0 aromatic heterocycles. The molecule has 0 N–H and O–H groups in total. The fourth-order valence-corrected chi connectivity index (χ4v) is 4.58. The molecule has 0 aliphatic rings. The van der Waals surface area contributed by atoms with Crippen molar-refractivity contribution in [3.8, 4) is 0 Å². The van der Waals surface area contributed by atoms with Crippen LogP contribution in [-0.4, -0.2) is 38.8 Å². The Labute approximate surface area is 110 Å². The first-order valence-electron chi connectivity index (χ1n) is 6.50. The van der Waals surface area contributed by atoms with Gasteiger partial charge in [-0.3, -0.25) is 0 Å². The van der Waals surface area contributed by atoms with Crippen molar-refractivity contribution in [1.82, 2.24) is 0 Å². The van der Waals surface area contributed by atoms with E-state index in [0.29, 0.717) is 0 Å². The molecule has 104 valence electrons. The van der Waals surface area contributed by atoms with Gasteiger partial charge in [-0.25, -0.2) is 0 Å². The van der Waals surface area contributed by atoms with Crippen LogP contribution in [0.2, 0.25) is 0 Å². The zero-order valence-corrected chi connectivity index (χ0v) is 13.7. The largest absolute Gasteiger partial charge is 0.876 e. The topological polar surface area (TPSA) is 36.9 Å². The maximum atomic E-state index is 5.87.